The summed E-state index contributed by atoms with van der Waals surface area (Å²) in [6.45, 7) is 6.03. The van der Waals surface area contributed by atoms with Crippen molar-refractivity contribution < 1.29 is 19.1 Å². The van der Waals surface area contributed by atoms with E-state index >= 15 is 0 Å². The summed E-state index contributed by atoms with van der Waals surface area (Å²) in [5.41, 5.74) is 3.40. The van der Waals surface area contributed by atoms with Crippen LogP contribution in [0.25, 0.3) is 5.69 Å². The summed E-state index contributed by atoms with van der Waals surface area (Å²) in [4.78, 5) is 40.8. The minimum atomic E-state index is -0.553. The maximum Gasteiger partial charge on any atom is 0.341 e. The van der Waals surface area contributed by atoms with Crippen molar-refractivity contribution in [1.82, 2.24) is 20.1 Å². The van der Waals surface area contributed by atoms with Crippen LogP contribution in [0.5, 0.6) is 0 Å². The number of carbonyl (C=O) groups is 3. The van der Waals surface area contributed by atoms with E-state index in [2.05, 4.69) is 20.8 Å². The molecule has 1 aromatic carbocycles. The quantitative estimate of drug-likeness (QED) is 0.123. The maximum absolute atomic E-state index is 13.5. The monoisotopic (exact) mass is 623 g/mol. The van der Waals surface area contributed by atoms with Crippen LogP contribution in [0.3, 0.4) is 0 Å². The number of hydrogen-bond acceptors (Lipinski definition) is 9. The molecule has 12 heteroatoms. The van der Waals surface area contributed by atoms with E-state index in [-0.39, 0.29) is 30.9 Å². The maximum atomic E-state index is 13.5. The third-order valence-corrected chi connectivity index (χ3v) is 10.0. The van der Waals surface area contributed by atoms with Gasteiger partial charge in [-0.15, -0.1) is 32.9 Å². The number of carbonyl (C=O) groups excluding carboxylic acids is 3. The van der Waals surface area contributed by atoms with Crippen LogP contribution < -0.4 is 10.6 Å². The number of benzene rings is 1. The Labute approximate surface area is 257 Å². The van der Waals surface area contributed by atoms with Crippen molar-refractivity contribution in [3.05, 3.63) is 74.0 Å². The average Bonchev–Trinajstić information content (AvgIpc) is 3.68. The fourth-order valence-corrected chi connectivity index (χ4v) is 7.65. The van der Waals surface area contributed by atoms with E-state index in [0.717, 1.165) is 53.8 Å². The van der Waals surface area contributed by atoms with E-state index in [0.29, 0.717) is 26.4 Å². The van der Waals surface area contributed by atoms with Gasteiger partial charge in [-0.2, -0.15) is 0 Å². The molecule has 2 amide bonds. The lowest BCUT2D eigenvalue weighted by Gasteiger charge is -2.15. The standard InChI is InChI=1S/C30H33N5O4S3/c1-4-39-29(38)25-21-12-6-5-7-13-22(21)42-28(25)32-26(36)19(3)41-30-34-33-24(17-31-27(37)23-14-9-15-40-23)35(30)20-11-8-10-18(2)16-20/h8-11,14-16,19H,4-7,12-13,17H2,1-3H3,(H,31,37)(H,32,36)/t19-/m0/s1. The highest BCUT2D eigenvalue weighted by Gasteiger charge is 2.29. The van der Waals surface area contributed by atoms with Gasteiger partial charge in [0.15, 0.2) is 11.0 Å². The number of anilines is 1. The van der Waals surface area contributed by atoms with E-state index in [1.165, 1.54) is 34.4 Å². The highest BCUT2D eigenvalue weighted by Crippen LogP contribution is 2.38. The lowest BCUT2D eigenvalue weighted by Crippen LogP contribution is -2.25. The molecule has 0 saturated carbocycles. The number of nitrogens with zero attached hydrogens (tertiary/aromatic N) is 3. The molecule has 5 rings (SSSR count). The van der Waals surface area contributed by atoms with Gasteiger partial charge in [-0.05, 0) is 81.2 Å². The SMILES string of the molecule is CCOC(=O)c1c(NC(=O)[C@H](C)Sc2nnc(CNC(=O)c3cccs3)n2-c2cccc(C)c2)sc2c1CCCCC2. The first-order valence-corrected chi connectivity index (χ1v) is 16.6. The molecule has 0 saturated heterocycles. The first kappa shape index (κ1) is 30.0. The van der Waals surface area contributed by atoms with Gasteiger partial charge in [0.1, 0.15) is 5.00 Å². The van der Waals surface area contributed by atoms with E-state index in [1.807, 2.05) is 47.2 Å². The van der Waals surface area contributed by atoms with Crippen LogP contribution in [0.15, 0.2) is 46.9 Å². The molecule has 3 heterocycles. The van der Waals surface area contributed by atoms with Crippen LogP contribution in [0.2, 0.25) is 0 Å². The topological polar surface area (TPSA) is 115 Å². The number of aromatic nitrogens is 3. The van der Waals surface area contributed by atoms with Crippen LogP contribution >= 0.6 is 34.4 Å². The fourth-order valence-electron chi connectivity index (χ4n) is 4.85. The van der Waals surface area contributed by atoms with E-state index < -0.39 is 5.25 Å². The van der Waals surface area contributed by atoms with Crippen molar-refractivity contribution in [1.29, 1.82) is 0 Å². The molecular formula is C30H33N5O4S3. The third kappa shape index (κ3) is 6.77. The van der Waals surface area contributed by atoms with Gasteiger partial charge in [-0.1, -0.05) is 36.4 Å². The number of esters is 1. The summed E-state index contributed by atoms with van der Waals surface area (Å²) in [6, 6.07) is 11.5. The second-order valence-electron chi connectivity index (χ2n) is 9.97. The van der Waals surface area contributed by atoms with Crippen molar-refractivity contribution in [3.8, 4) is 5.69 Å². The van der Waals surface area contributed by atoms with Crippen molar-refractivity contribution in [2.24, 2.45) is 0 Å². The summed E-state index contributed by atoms with van der Waals surface area (Å²) < 4.78 is 7.24. The lowest BCUT2D eigenvalue weighted by atomic mass is 10.1. The van der Waals surface area contributed by atoms with Crippen molar-refractivity contribution in [2.45, 2.75) is 69.8 Å². The molecule has 4 aromatic rings. The molecule has 0 aliphatic heterocycles. The van der Waals surface area contributed by atoms with Crippen LogP contribution in [-0.4, -0.2) is 44.4 Å². The largest absolute Gasteiger partial charge is 0.462 e. The highest BCUT2D eigenvalue weighted by molar-refractivity contribution is 8.00. The third-order valence-electron chi connectivity index (χ3n) is 6.90. The molecule has 42 heavy (non-hydrogen) atoms. The number of aryl methyl sites for hydroxylation is 2. The summed E-state index contributed by atoms with van der Waals surface area (Å²) in [5, 5.41) is 17.1. The zero-order valence-electron chi connectivity index (χ0n) is 23.8. The van der Waals surface area contributed by atoms with Crippen molar-refractivity contribution >= 4 is 57.2 Å². The van der Waals surface area contributed by atoms with Gasteiger partial charge in [0, 0.05) is 10.6 Å². The molecule has 1 aliphatic carbocycles. The first-order chi connectivity index (χ1) is 20.4. The molecule has 0 unspecified atom stereocenters. The number of thiophene rings is 2. The molecule has 1 atom stereocenters. The predicted molar refractivity (Wildman–Crippen MR) is 167 cm³/mol. The summed E-state index contributed by atoms with van der Waals surface area (Å²) in [6.07, 6.45) is 4.92. The van der Waals surface area contributed by atoms with Crippen LogP contribution in [0.4, 0.5) is 5.00 Å². The Morgan fingerprint density at radius 3 is 2.71 bits per heavy atom. The number of thioether (sulfide) groups is 1. The Kier molecular flexibility index (Phi) is 9.76. The Bertz CT molecular complexity index is 1580. The zero-order valence-corrected chi connectivity index (χ0v) is 26.2. The smallest absolute Gasteiger partial charge is 0.341 e. The normalized spacial score (nSPS) is 13.6. The Morgan fingerprint density at radius 2 is 1.95 bits per heavy atom. The van der Waals surface area contributed by atoms with E-state index in [1.54, 1.807) is 19.9 Å². The molecule has 9 nitrogen and oxygen atoms in total. The Morgan fingerprint density at radius 1 is 1.12 bits per heavy atom. The molecule has 0 fully saturated rings. The number of amides is 2. The second kappa shape index (κ2) is 13.7. The van der Waals surface area contributed by atoms with Crippen LogP contribution in [0.1, 0.15) is 75.0 Å². The van der Waals surface area contributed by atoms with Gasteiger partial charge in [0.05, 0.1) is 28.8 Å². The van der Waals surface area contributed by atoms with Gasteiger partial charge >= 0.3 is 5.97 Å². The molecule has 3 aromatic heterocycles. The number of ether oxygens (including phenoxy) is 1. The Hall–Kier alpha value is -3.48. The zero-order chi connectivity index (χ0) is 29.6. The average molecular weight is 624 g/mol. The Balaban J connectivity index is 1.37. The van der Waals surface area contributed by atoms with Gasteiger partial charge in [0.25, 0.3) is 5.91 Å². The lowest BCUT2D eigenvalue weighted by molar-refractivity contribution is -0.115. The number of hydrogen-bond donors (Lipinski definition) is 2. The van der Waals surface area contributed by atoms with Crippen LogP contribution in [0, 0.1) is 6.92 Å². The highest BCUT2D eigenvalue weighted by atomic mass is 32.2. The van der Waals surface area contributed by atoms with Gasteiger partial charge < -0.3 is 15.4 Å². The first-order valence-electron chi connectivity index (χ1n) is 14.0. The fraction of sp³-hybridized carbons (Fsp3) is 0.367. The van der Waals surface area contributed by atoms with Crippen LogP contribution in [-0.2, 0) is 28.9 Å². The van der Waals surface area contributed by atoms with Crippen molar-refractivity contribution in [2.75, 3.05) is 11.9 Å². The van der Waals surface area contributed by atoms with Gasteiger partial charge in [0.2, 0.25) is 5.91 Å². The van der Waals surface area contributed by atoms with E-state index in [9.17, 15) is 14.4 Å². The number of fused-ring (bicyclic) bond motifs is 1. The predicted octanol–water partition coefficient (Wildman–Crippen LogP) is 6.19. The van der Waals surface area contributed by atoms with Gasteiger partial charge in [-0.25, -0.2) is 4.79 Å². The molecule has 0 radical (unpaired) electrons. The minimum Gasteiger partial charge on any atom is -0.462 e. The molecule has 220 valence electrons. The number of nitrogens with one attached hydrogen (secondary N) is 2. The second-order valence-corrected chi connectivity index (χ2v) is 13.3. The molecule has 2 N–H and O–H groups in total. The number of rotatable bonds is 10. The molecule has 0 spiro atoms. The summed E-state index contributed by atoms with van der Waals surface area (Å²) in [5.74, 6) is -0.265. The minimum absolute atomic E-state index is 0.169. The molecule has 0 bridgehead atoms. The molecule has 1 aliphatic rings. The van der Waals surface area contributed by atoms with Crippen molar-refractivity contribution in [3.63, 3.8) is 0 Å². The molecular weight excluding hydrogens is 591 g/mol. The summed E-state index contributed by atoms with van der Waals surface area (Å²) in [7, 11) is 0. The summed E-state index contributed by atoms with van der Waals surface area (Å²) >= 11 is 4.12. The van der Waals surface area contributed by atoms with E-state index in [4.69, 9.17) is 4.74 Å². The van der Waals surface area contributed by atoms with Gasteiger partial charge in [-0.3, -0.25) is 14.2 Å².